The van der Waals surface area contributed by atoms with E-state index < -0.39 is 0 Å². The van der Waals surface area contributed by atoms with Gasteiger partial charge in [-0.25, -0.2) is 0 Å². The van der Waals surface area contributed by atoms with E-state index in [4.69, 9.17) is 10.5 Å². The second kappa shape index (κ2) is 7.91. The first kappa shape index (κ1) is 17.8. The van der Waals surface area contributed by atoms with Gasteiger partial charge in [-0.2, -0.15) is 0 Å². The zero-order valence-corrected chi connectivity index (χ0v) is 14.7. The summed E-state index contributed by atoms with van der Waals surface area (Å²) in [6, 6.07) is 14.4. The fourth-order valence-corrected chi connectivity index (χ4v) is 2.56. The standard InChI is InChI=1S/C20H23N3O3/c1-13(22-20(25)17-4-2-3-5-18(17)21)14-6-10-16(11-7-14)26-12-19(24)23-15-8-9-15/h2-7,10-11,13,15H,8-9,12,21H2,1H3,(H,22,25)(H,23,24). The van der Waals surface area contributed by atoms with Gasteiger partial charge in [-0.15, -0.1) is 0 Å². The molecule has 0 heterocycles. The van der Waals surface area contributed by atoms with Crippen molar-refractivity contribution in [3.05, 3.63) is 59.7 Å². The lowest BCUT2D eigenvalue weighted by Gasteiger charge is -2.16. The van der Waals surface area contributed by atoms with Gasteiger partial charge in [-0.1, -0.05) is 24.3 Å². The van der Waals surface area contributed by atoms with E-state index in [-0.39, 0.29) is 24.5 Å². The number of para-hydroxylation sites is 1. The Hall–Kier alpha value is -3.02. The molecule has 26 heavy (non-hydrogen) atoms. The second-order valence-corrected chi connectivity index (χ2v) is 6.48. The zero-order chi connectivity index (χ0) is 18.5. The van der Waals surface area contributed by atoms with Gasteiger partial charge in [0.1, 0.15) is 5.75 Å². The summed E-state index contributed by atoms with van der Waals surface area (Å²) >= 11 is 0. The van der Waals surface area contributed by atoms with E-state index in [1.807, 2.05) is 19.1 Å². The number of hydrogen-bond donors (Lipinski definition) is 3. The lowest BCUT2D eigenvalue weighted by Crippen LogP contribution is -2.30. The summed E-state index contributed by atoms with van der Waals surface area (Å²) in [7, 11) is 0. The molecule has 3 rings (SSSR count). The third kappa shape index (κ3) is 4.75. The zero-order valence-electron chi connectivity index (χ0n) is 14.7. The van der Waals surface area contributed by atoms with Crippen molar-refractivity contribution in [2.24, 2.45) is 0 Å². The minimum atomic E-state index is -0.215. The van der Waals surface area contributed by atoms with Crippen LogP contribution in [0, 0.1) is 0 Å². The quantitative estimate of drug-likeness (QED) is 0.667. The molecule has 1 fully saturated rings. The lowest BCUT2D eigenvalue weighted by molar-refractivity contribution is -0.123. The van der Waals surface area contributed by atoms with Crippen LogP contribution in [0.3, 0.4) is 0 Å². The van der Waals surface area contributed by atoms with Crippen LogP contribution < -0.4 is 21.1 Å². The molecule has 2 aromatic carbocycles. The van der Waals surface area contributed by atoms with Crippen LogP contribution in [0.4, 0.5) is 5.69 Å². The van der Waals surface area contributed by atoms with Gasteiger partial charge in [0.2, 0.25) is 0 Å². The van der Waals surface area contributed by atoms with Crippen LogP contribution in [0.1, 0.15) is 41.7 Å². The van der Waals surface area contributed by atoms with Crippen molar-refractivity contribution >= 4 is 17.5 Å². The van der Waals surface area contributed by atoms with Crippen molar-refractivity contribution in [3.63, 3.8) is 0 Å². The lowest BCUT2D eigenvalue weighted by atomic mass is 10.1. The number of carbonyl (C=O) groups is 2. The average molecular weight is 353 g/mol. The summed E-state index contributed by atoms with van der Waals surface area (Å²) in [6.07, 6.45) is 2.11. The van der Waals surface area contributed by atoms with Crippen molar-refractivity contribution in [2.75, 3.05) is 12.3 Å². The summed E-state index contributed by atoms with van der Waals surface area (Å²) < 4.78 is 5.48. The normalized spacial score (nSPS) is 14.3. The summed E-state index contributed by atoms with van der Waals surface area (Å²) in [5.41, 5.74) is 7.68. The molecule has 6 heteroatoms. The minimum Gasteiger partial charge on any atom is -0.484 e. The highest BCUT2D eigenvalue weighted by Crippen LogP contribution is 2.20. The molecule has 1 aliphatic carbocycles. The fraction of sp³-hybridized carbons (Fsp3) is 0.300. The van der Waals surface area contributed by atoms with E-state index in [0.717, 1.165) is 18.4 Å². The molecule has 1 aliphatic rings. The van der Waals surface area contributed by atoms with Crippen molar-refractivity contribution in [1.82, 2.24) is 10.6 Å². The van der Waals surface area contributed by atoms with Crippen LogP contribution in [0.15, 0.2) is 48.5 Å². The number of nitrogen functional groups attached to an aromatic ring is 1. The fourth-order valence-electron chi connectivity index (χ4n) is 2.56. The smallest absolute Gasteiger partial charge is 0.258 e. The van der Waals surface area contributed by atoms with E-state index in [9.17, 15) is 9.59 Å². The number of rotatable bonds is 7. The number of amides is 2. The molecule has 4 N–H and O–H groups in total. The highest BCUT2D eigenvalue weighted by atomic mass is 16.5. The molecule has 1 saturated carbocycles. The number of nitrogens with one attached hydrogen (secondary N) is 2. The Morgan fingerprint density at radius 1 is 1.15 bits per heavy atom. The van der Waals surface area contributed by atoms with Crippen molar-refractivity contribution in [2.45, 2.75) is 31.8 Å². The first-order valence-corrected chi connectivity index (χ1v) is 8.70. The van der Waals surface area contributed by atoms with Crippen LogP contribution in [-0.2, 0) is 4.79 Å². The maximum atomic E-state index is 12.3. The predicted octanol–water partition coefficient (Wildman–Crippen LogP) is 2.42. The Morgan fingerprint density at radius 2 is 1.85 bits per heavy atom. The van der Waals surface area contributed by atoms with Crippen molar-refractivity contribution < 1.29 is 14.3 Å². The molecule has 0 spiro atoms. The van der Waals surface area contributed by atoms with Crippen molar-refractivity contribution in [1.29, 1.82) is 0 Å². The molecule has 1 unspecified atom stereocenters. The van der Waals surface area contributed by atoms with Gasteiger partial charge in [-0.3, -0.25) is 9.59 Å². The van der Waals surface area contributed by atoms with Crippen LogP contribution >= 0.6 is 0 Å². The molecular weight excluding hydrogens is 330 g/mol. The molecule has 1 atom stereocenters. The molecule has 0 bridgehead atoms. The third-order valence-corrected chi connectivity index (χ3v) is 4.25. The Bertz CT molecular complexity index is 785. The summed E-state index contributed by atoms with van der Waals surface area (Å²) in [5.74, 6) is 0.302. The summed E-state index contributed by atoms with van der Waals surface area (Å²) in [6.45, 7) is 1.91. The van der Waals surface area contributed by atoms with E-state index in [1.54, 1.807) is 36.4 Å². The third-order valence-electron chi connectivity index (χ3n) is 4.25. The largest absolute Gasteiger partial charge is 0.484 e. The van der Waals surface area contributed by atoms with Crippen molar-refractivity contribution in [3.8, 4) is 5.75 Å². The summed E-state index contributed by atoms with van der Waals surface area (Å²) in [4.78, 5) is 24.0. The molecule has 136 valence electrons. The highest BCUT2D eigenvalue weighted by Gasteiger charge is 2.23. The molecule has 2 aromatic rings. The van der Waals surface area contributed by atoms with E-state index in [0.29, 0.717) is 23.0 Å². The van der Waals surface area contributed by atoms with Crippen LogP contribution in [0.2, 0.25) is 0 Å². The molecule has 0 radical (unpaired) electrons. The van der Waals surface area contributed by atoms with Gasteiger partial charge in [0.25, 0.3) is 11.8 Å². The van der Waals surface area contributed by atoms with Crippen LogP contribution in [-0.4, -0.2) is 24.5 Å². The minimum absolute atomic E-state index is 0.00935. The van der Waals surface area contributed by atoms with Gasteiger partial charge in [-0.05, 0) is 49.6 Å². The van der Waals surface area contributed by atoms with E-state index in [1.165, 1.54) is 0 Å². The van der Waals surface area contributed by atoms with Gasteiger partial charge >= 0.3 is 0 Å². The highest BCUT2D eigenvalue weighted by molar-refractivity contribution is 5.99. The van der Waals surface area contributed by atoms with Gasteiger partial charge in [0, 0.05) is 11.7 Å². The number of hydrogen-bond acceptors (Lipinski definition) is 4. The number of carbonyl (C=O) groups excluding carboxylic acids is 2. The second-order valence-electron chi connectivity index (χ2n) is 6.48. The Morgan fingerprint density at radius 3 is 2.50 bits per heavy atom. The maximum Gasteiger partial charge on any atom is 0.258 e. The summed E-state index contributed by atoms with van der Waals surface area (Å²) in [5, 5.41) is 5.80. The van der Waals surface area contributed by atoms with Crippen LogP contribution in [0.5, 0.6) is 5.75 Å². The predicted molar refractivity (Wildman–Crippen MR) is 99.8 cm³/mol. The van der Waals surface area contributed by atoms with Crippen LogP contribution in [0.25, 0.3) is 0 Å². The number of nitrogens with two attached hydrogens (primary N) is 1. The monoisotopic (exact) mass is 353 g/mol. The first-order chi connectivity index (χ1) is 12.5. The van der Waals surface area contributed by atoms with E-state index >= 15 is 0 Å². The molecule has 6 nitrogen and oxygen atoms in total. The van der Waals surface area contributed by atoms with E-state index in [2.05, 4.69) is 10.6 Å². The first-order valence-electron chi connectivity index (χ1n) is 8.70. The molecular formula is C20H23N3O3. The maximum absolute atomic E-state index is 12.3. The Balaban J connectivity index is 1.53. The van der Waals surface area contributed by atoms with Gasteiger partial charge in [0.05, 0.1) is 11.6 Å². The topological polar surface area (TPSA) is 93.5 Å². The Labute approximate surface area is 152 Å². The number of ether oxygens (including phenoxy) is 1. The molecule has 0 saturated heterocycles. The Kier molecular flexibility index (Phi) is 5.41. The van der Waals surface area contributed by atoms with Gasteiger partial charge in [0.15, 0.2) is 6.61 Å². The number of benzene rings is 2. The van der Waals surface area contributed by atoms with Gasteiger partial charge < -0.3 is 21.1 Å². The SMILES string of the molecule is CC(NC(=O)c1ccccc1N)c1ccc(OCC(=O)NC2CC2)cc1. The molecule has 0 aliphatic heterocycles. The number of anilines is 1. The average Bonchev–Trinajstić information content (AvgIpc) is 3.44. The molecule has 2 amide bonds. The molecule has 0 aromatic heterocycles.